The van der Waals surface area contributed by atoms with Crippen molar-refractivity contribution in [1.82, 2.24) is 10.2 Å². The summed E-state index contributed by atoms with van der Waals surface area (Å²) in [6.07, 6.45) is 0. The zero-order valence-corrected chi connectivity index (χ0v) is 16.6. The molecule has 0 aromatic heterocycles. The zero-order valence-electron chi connectivity index (χ0n) is 16.6. The van der Waals surface area contributed by atoms with Crippen molar-refractivity contribution in [3.05, 3.63) is 77.0 Å². The van der Waals surface area contributed by atoms with E-state index in [0.717, 1.165) is 0 Å². The lowest BCUT2D eigenvalue weighted by atomic mass is 9.94. The molecule has 0 radical (unpaired) electrons. The van der Waals surface area contributed by atoms with Crippen LogP contribution in [0.1, 0.15) is 35.8 Å². The number of amides is 3. The molecule has 3 rings (SSSR count). The molecule has 2 aromatic carbocycles. The van der Waals surface area contributed by atoms with Gasteiger partial charge < -0.3 is 20.3 Å². The standard InChI is InChI=1S/C22H23N3O4/c1-4-29-21(27)18-14(2)25(3)22(28)24-19(18)16-11-8-12-17(13-16)23-20(26)15-9-6-5-7-10-15/h5-13,19H,4H2,1-3H3,(H,23,26)(H,24,28)/t19-/m1/s1. The number of ether oxygens (including phenoxy) is 1. The summed E-state index contributed by atoms with van der Waals surface area (Å²) in [5.41, 5.74) is 2.65. The van der Waals surface area contributed by atoms with Crippen molar-refractivity contribution >= 4 is 23.6 Å². The van der Waals surface area contributed by atoms with Crippen molar-refractivity contribution in [2.75, 3.05) is 19.0 Å². The minimum atomic E-state index is -0.675. The molecule has 0 saturated carbocycles. The molecular formula is C22H23N3O4. The summed E-state index contributed by atoms with van der Waals surface area (Å²) < 4.78 is 5.20. The van der Waals surface area contributed by atoms with Gasteiger partial charge in [0.15, 0.2) is 0 Å². The van der Waals surface area contributed by atoms with Gasteiger partial charge >= 0.3 is 12.0 Å². The number of hydrogen-bond acceptors (Lipinski definition) is 4. The lowest BCUT2D eigenvalue weighted by Gasteiger charge is -2.33. The number of hydrogen-bond donors (Lipinski definition) is 2. The highest BCUT2D eigenvalue weighted by atomic mass is 16.5. The number of benzene rings is 2. The fraction of sp³-hybridized carbons (Fsp3) is 0.227. The average Bonchev–Trinajstić information content (AvgIpc) is 2.72. The smallest absolute Gasteiger partial charge is 0.338 e. The molecule has 1 heterocycles. The van der Waals surface area contributed by atoms with Crippen LogP contribution in [0, 0.1) is 0 Å². The van der Waals surface area contributed by atoms with Crippen molar-refractivity contribution in [1.29, 1.82) is 0 Å². The molecule has 2 N–H and O–H groups in total. The van der Waals surface area contributed by atoms with E-state index in [9.17, 15) is 14.4 Å². The van der Waals surface area contributed by atoms with Crippen LogP contribution >= 0.6 is 0 Å². The van der Waals surface area contributed by atoms with Crippen LogP contribution in [0.4, 0.5) is 10.5 Å². The number of allylic oxidation sites excluding steroid dienone is 1. The number of urea groups is 1. The van der Waals surface area contributed by atoms with Gasteiger partial charge in [-0.2, -0.15) is 0 Å². The quantitative estimate of drug-likeness (QED) is 0.762. The van der Waals surface area contributed by atoms with Gasteiger partial charge in [0.25, 0.3) is 5.91 Å². The summed E-state index contributed by atoms with van der Waals surface area (Å²) in [7, 11) is 1.59. The second kappa shape index (κ2) is 8.60. The maximum atomic E-state index is 12.6. The van der Waals surface area contributed by atoms with Crippen molar-refractivity contribution in [3.63, 3.8) is 0 Å². The average molecular weight is 393 g/mol. The van der Waals surface area contributed by atoms with Crippen molar-refractivity contribution < 1.29 is 19.1 Å². The number of rotatable bonds is 5. The van der Waals surface area contributed by atoms with Gasteiger partial charge in [0.2, 0.25) is 0 Å². The molecular weight excluding hydrogens is 370 g/mol. The lowest BCUT2D eigenvalue weighted by Crippen LogP contribution is -2.46. The predicted molar refractivity (Wildman–Crippen MR) is 109 cm³/mol. The molecule has 1 aliphatic heterocycles. The van der Waals surface area contributed by atoms with Crippen molar-refractivity contribution in [2.45, 2.75) is 19.9 Å². The molecule has 0 bridgehead atoms. The molecule has 29 heavy (non-hydrogen) atoms. The number of anilines is 1. The third-order valence-electron chi connectivity index (χ3n) is 4.76. The number of esters is 1. The van der Waals surface area contributed by atoms with Gasteiger partial charge in [-0.1, -0.05) is 30.3 Å². The fourth-order valence-corrected chi connectivity index (χ4v) is 3.15. The van der Waals surface area contributed by atoms with E-state index in [0.29, 0.717) is 28.1 Å². The molecule has 1 aliphatic rings. The Labute approximate surface area is 169 Å². The third kappa shape index (κ3) is 4.29. The molecule has 7 heteroatoms. The van der Waals surface area contributed by atoms with Gasteiger partial charge in [-0.15, -0.1) is 0 Å². The van der Waals surface area contributed by atoms with E-state index in [2.05, 4.69) is 10.6 Å². The van der Waals surface area contributed by atoms with Crippen LogP contribution in [-0.4, -0.2) is 36.5 Å². The van der Waals surface area contributed by atoms with Crippen LogP contribution < -0.4 is 10.6 Å². The van der Waals surface area contributed by atoms with E-state index in [1.54, 1.807) is 69.4 Å². The SMILES string of the molecule is CCOC(=O)C1=C(C)N(C)C(=O)N[C@@H]1c1cccc(NC(=O)c2ccccc2)c1. The van der Waals surface area contributed by atoms with Crippen molar-refractivity contribution in [2.24, 2.45) is 0 Å². The third-order valence-corrected chi connectivity index (χ3v) is 4.76. The Bertz CT molecular complexity index is 969. The molecule has 7 nitrogen and oxygen atoms in total. The van der Waals surface area contributed by atoms with Crippen LogP contribution in [0.3, 0.4) is 0 Å². The van der Waals surface area contributed by atoms with Crippen LogP contribution in [0.15, 0.2) is 65.9 Å². The second-order valence-electron chi connectivity index (χ2n) is 6.61. The van der Waals surface area contributed by atoms with Crippen LogP contribution in [0.2, 0.25) is 0 Å². The maximum Gasteiger partial charge on any atom is 0.338 e. The molecule has 0 spiro atoms. The van der Waals surface area contributed by atoms with Gasteiger partial charge in [-0.25, -0.2) is 9.59 Å². The molecule has 1 atom stereocenters. The van der Waals surface area contributed by atoms with Gasteiger partial charge in [0.05, 0.1) is 18.2 Å². The zero-order chi connectivity index (χ0) is 21.0. The first kappa shape index (κ1) is 20.1. The number of nitrogens with one attached hydrogen (secondary N) is 2. The summed E-state index contributed by atoms with van der Waals surface area (Å²) in [6, 6.07) is 14.9. The van der Waals surface area contributed by atoms with E-state index < -0.39 is 12.0 Å². The fourth-order valence-electron chi connectivity index (χ4n) is 3.15. The lowest BCUT2D eigenvalue weighted by molar-refractivity contribution is -0.139. The molecule has 150 valence electrons. The van der Waals surface area contributed by atoms with E-state index >= 15 is 0 Å². The Morgan fingerprint density at radius 2 is 1.86 bits per heavy atom. The first-order chi connectivity index (χ1) is 13.9. The second-order valence-corrected chi connectivity index (χ2v) is 6.61. The first-order valence-electron chi connectivity index (χ1n) is 9.30. The highest BCUT2D eigenvalue weighted by molar-refractivity contribution is 6.04. The van der Waals surface area contributed by atoms with Crippen molar-refractivity contribution in [3.8, 4) is 0 Å². The summed E-state index contributed by atoms with van der Waals surface area (Å²) in [6.45, 7) is 3.67. The maximum absolute atomic E-state index is 12.6. The number of carbonyl (C=O) groups excluding carboxylic acids is 3. The Kier molecular flexibility index (Phi) is 5.97. The summed E-state index contributed by atoms with van der Waals surface area (Å²) >= 11 is 0. The Hall–Kier alpha value is -3.61. The molecule has 0 unspecified atom stereocenters. The van der Waals surface area contributed by atoms with Gasteiger partial charge in [-0.05, 0) is 43.7 Å². The van der Waals surface area contributed by atoms with Crippen LogP contribution in [0.5, 0.6) is 0 Å². The minimum Gasteiger partial charge on any atom is -0.463 e. The predicted octanol–water partition coefficient (Wildman–Crippen LogP) is 3.47. The summed E-state index contributed by atoms with van der Waals surface area (Å²) in [4.78, 5) is 38.7. The number of nitrogens with zero attached hydrogens (tertiary/aromatic N) is 1. The highest BCUT2D eigenvalue weighted by Gasteiger charge is 2.35. The monoisotopic (exact) mass is 393 g/mol. The van der Waals surface area contributed by atoms with Crippen LogP contribution in [-0.2, 0) is 9.53 Å². The molecule has 0 aliphatic carbocycles. The largest absolute Gasteiger partial charge is 0.463 e. The number of carbonyl (C=O) groups is 3. The Morgan fingerprint density at radius 3 is 2.55 bits per heavy atom. The minimum absolute atomic E-state index is 0.229. The van der Waals surface area contributed by atoms with Crippen LogP contribution in [0.25, 0.3) is 0 Å². The summed E-state index contributed by atoms with van der Waals surface area (Å²) in [5.74, 6) is -0.729. The van der Waals surface area contributed by atoms with E-state index in [4.69, 9.17) is 4.74 Å². The van der Waals surface area contributed by atoms with E-state index in [1.807, 2.05) is 6.07 Å². The van der Waals surface area contributed by atoms with Gasteiger partial charge in [0, 0.05) is 24.0 Å². The van der Waals surface area contributed by atoms with E-state index in [-0.39, 0.29) is 18.5 Å². The highest BCUT2D eigenvalue weighted by Crippen LogP contribution is 2.31. The Balaban J connectivity index is 1.92. The molecule has 2 aromatic rings. The first-order valence-corrected chi connectivity index (χ1v) is 9.30. The molecule has 0 saturated heterocycles. The van der Waals surface area contributed by atoms with E-state index in [1.165, 1.54) is 4.90 Å². The molecule has 3 amide bonds. The van der Waals surface area contributed by atoms with Gasteiger partial charge in [-0.3, -0.25) is 4.79 Å². The Morgan fingerprint density at radius 1 is 1.14 bits per heavy atom. The van der Waals surface area contributed by atoms with Gasteiger partial charge in [0.1, 0.15) is 0 Å². The topological polar surface area (TPSA) is 87.7 Å². The molecule has 0 fully saturated rings. The summed E-state index contributed by atoms with van der Waals surface area (Å²) in [5, 5.41) is 5.67. The normalized spacial score (nSPS) is 16.3.